The van der Waals surface area contributed by atoms with E-state index in [1.807, 2.05) is 61.6 Å². The molecule has 2 aromatic carbocycles. The van der Waals surface area contributed by atoms with Crippen LogP contribution in [0, 0.1) is 0 Å². The predicted molar refractivity (Wildman–Crippen MR) is 131 cm³/mol. The number of amides is 2. The zero-order chi connectivity index (χ0) is 23.9. The molecule has 34 heavy (non-hydrogen) atoms. The first-order chi connectivity index (χ1) is 16.3. The summed E-state index contributed by atoms with van der Waals surface area (Å²) in [5, 5.41) is 10.8. The molecule has 0 atom stereocenters. The number of carbonyl (C=O) groups is 2. The molecule has 0 radical (unpaired) electrons. The number of rotatable bonds is 5. The molecule has 0 aliphatic rings. The maximum atomic E-state index is 12.7. The first-order valence-electron chi connectivity index (χ1n) is 11.0. The summed E-state index contributed by atoms with van der Waals surface area (Å²) in [6, 6.07) is 18.8. The predicted octanol–water partition coefficient (Wildman–Crippen LogP) is 5.14. The summed E-state index contributed by atoms with van der Waals surface area (Å²) in [7, 11) is 0. The van der Waals surface area contributed by atoms with E-state index in [9.17, 15) is 9.59 Å². The Morgan fingerprint density at radius 1 is 1.00 bits per heavy atom. The van der Waals surface area contributed by atoms with E-state index < -0.39 is 0 Å². The number of benzene rings is 2. The molecule has 8 nitrogen and oxygen atoms in total. The van der Waals surface area contributed by atoms with Crippen molar-refractivity contribution in [3.8, 4) is 0 Å². The van der Waals surface area contributed by atoms with Crippen LogP contribution in [0.25, 0.3) is 16.6 Å². The number of carbonyl (C=O) groups excluding carboxylic acids is 2. The van der Waals surface area contributed by atoms with Crippen LogP contribution in [0.15, 0.2) is 71.4 Å². The zero-order valence-electron chi connectivity index (χ0n) is 19.2. The Balaban J connectivity index is 1.21. The Kier molecular flexibility index (Phi) is 5.20. The molecule has 0 unspecified atom stereocenters. The van der Waals surface area contributed by atoms with Gasteiger partial charge in [-0.1, -0.05) is 44.1 Å². The second kappa shape index (κ2) is 8.22. The molecule has 0 aliphatic heterocycles. The van der Waals surface area contributed by atoms with E-state index in [1.54, 1.807) is 30.5 Å². The monoisotopic (exact) mass is 455 g/mol. The van der Waals surface area contributed by atoms with Gasteiger partial charge in [0.15, 0.2) is 0 Å². The lowest BCUT2D eigenvalue weighted by molar-refractivity contribution is -0.115. The van der Waals surface area contributed by atoms with Crippen molar-refractivity contribution in [1.29, 1.82) is 0 Å². The molecule has 0 saturated heterocycles. The Hall–Kier alpha value is -4.33. The average molecular weight is 456 g/mol. The minimum Gasteiger partial charge on any atom is -0.361 e. The van der Waals surface area contributed by atoms with Crippen LogP contribution in [0.1, 0.15) is 42.7 Å². The molecule has 0 saturated carbocycles. The number of nitrogens with zero attached hydrogens (tertiary/aromatic N) is 2. The van der Waals surface area contributed by atoms with Crippen LogP contribution in [0.3, 0.4) is 0 Å². The molecule has 8 heteroatoms. The van der Waals surface area contributed by atoms with Crippen molar-refractivity contribution in [3.05, 3.63) is 84.0 Å². The lowest BCUT2D eigenvalue weighted by Gasteiger charge is -2.12. The highest BCUT2D eigenvalue weighted by atomic mass is 16.5. The van der Waals surface area contributed by atoms with E-state index in [0.29, 0.717) is 22.8 Å². The Labute approximate surface area is 195 Å². The third-order valence-corrected chi connectivity index (χ3v) is 5.58. The van der Waals surface area contributed by atoms with Crippen LogP contribution in [0.4, 0.5) is 11.4 Å². The van der Waals surface area contributed by atoms with Gasteiger partial charge in [0.1, 0.15) is 17.1 Å². The van der Waals surface area contributed by atoms with Gasteiger partial charge in [-0.2, -0.15) is 0 Å². The number of hydrogen-bond acceptors (Lipinski definition) is 4. The molecular formula is C26H25N5O3. The molecule has 5 aromatic rings. The normalized spacial score (nSPS) is 11.7. The third kappa shape index (κ3) is 4.30. The molecule has 5 rings (SSSR count). The second-order valence-electron chi connectivity index (χ2n) is 9.32. The minimum atomic E-state index is -0.245. The molecule has 0 spiro atoms. The lowest BCUT2D eigenvalue weighted by Crippen LogP contribution is -2.15. The van der Waals surface area contributed by atoms with Gasteiger partial charge in [-0.05, 0) is 36.4 Å². The van der Waals surface area contributed by atoms with Crippen molar-refractivity contribution in [1.82, 2.24) is 14.5 Å². The number of H-pyrrole nitrogens is 1. The van der Waals surface area contributed by atoms with Crippen LogP contribution in [0.2, 0.25) is 0 Å². The van der Waals surface area contributed by atoms with Crippen molar-refractivity contribution >= 4 is 39.7 Å². The maximum absolute atomic E-state index is 12.7. The van der Waals surface area contributed by atoms with E-state index >= 15 is 0 Å². The van der Waals surface area contributed by atoms with E-state index in [0.717, 1.165) is 22.3 Å². The molecule has 3 aromatic heterocycles. The smallest absolute Gasteiger partial charge is 0.273 e. The Morgan fingerprint density at radius 3 is 2.41 bits per heavy atom. The van der Waals surface area contributed by atoms with Gasteiger partial charge in [0.2, 0.25) is 5.91 Å². The molecule has 172 valence electrons. The Bertz CT molecular complexity index is 1500. The Morgan fingerprint density at radius 2 is 1.71 bits per heavy atom. The van der Waals surface area contributed by atoms with Crippen molar-refractivity contribution in [3.63, 3.8) is 0 Å². The largest absolute Gasteiger partial charge is 0.361 e. The summed E-state index contributed by atoms with van der Waals surface area (Å²) in [6.45, 7) is 6.07. The number of hydrogen-bond donors (Lipinski definition) is 3. The average Bonchev–Trinajstić information content (AvgIpc) is 3.49. The van der Waals surface area contributed by atoms with E-state index in [2.05, 4.69) is 20.8 Å². The summed E-state index contributed by atoms with van der Waals surface area (Å²) in [4.78, 5) is 28.2. The van der Waals surface area contributed by atoms with Crippen molar-refractivity contribution in [2.24, 2.45) is 0 Å². The van der Waals surface area contributed by atoms with Crippen LogP contribution < -0.4 is 10.6 Å². The number of anilines is 2. The molecule has 0 fully saturated rings. The van der Waals surface area contributed by atoms with Crippen LogP contribution >= 0.6 is 0 Å². The molecule has 2 amide bonds. The van der Waals surface area contributed by atoms with Gasteiger partial charge in [0.05, 0.1) is 17.6 Å². The summed E-state index contributed by atoms with van der Waals surface area (Å²) in [5.41, 5.74) is 4.02. The second-order valence-corrected chi connectivity index (χ2v) is 9.32. The first kappa shape index (κ1) is 21.5. The number of para-hydroxylation sites is 1. The van der Waals surface area contributed by atoms with Gasteiger partial charge >= 0.3 is 0 Å². The van der Waals surface area contributed by atoms with Gasteiger partial charge in [-0.15, -0.1) is 0 Å². The number of aromatic amines is 1. The van der Waals surface area contributed by atoms with Crippen LogP contribution in [0.5, 0.6) is 0 Å². The van der Waals surface area contributed by atoms with Gasteiger partial charge in [-0.25, -0.2) is 0 Å². The number of imidazole rings is 1. The first-order valence-corrected chi connectivity index (χ1v) is 11.0. The van der Waals surface area contributed by atoms with E-state index in [-0.39, 0.29) is 23.7 Å². The van der Waals surface area contributed by atoms with Gasteiger partial charge in [-0.3, -0.25) is 9.59 Å². The number of fused-ring (bicyclic) bond motifs is 3. The molecule has 3 heterocycles. The molecule has 0 bridgehead atoms. The SMILES string of the molecule is CC(C)(C)c1cc(CC(=O)Nc2ccc(NC(=O)c3cn4c(cc5ccccc54)[nH]3)cc2)no1. The summed E-state index contributed by atoms with van der Waals surface area (Å²) in [6.07, 6.45) is 1.91. The topological polar surface area (TPSA) is 104 Å². The molecular weight excluding hydrogens is 430 g/mol. The highest BCUT2D eigenvalue weighted by Crippen LogP contribution is 2.23. The number of nitrogens with one attached hydrogen (secondary N) is 3. The molecule has 0 aliphatic carbocycles. The van der Waals surface area contributed by atoms with Gasteiger partial charge in [0, 0.05) is 34.4 Å². The maximum Gasteiger partial charge on any atom is 0.273 e. The highest BCUT2D eigenvalue weighted by molar-refractivity contribution is 6.04. The fraction of sp³-hybridized carbons (Fsp3) is 0.192. The fourth-order valence-electron chi connectivity index (χ4n) is 3.78. The summed E-state index contributed by atoms with van der Waals surface area (Å²) >= 11 is 0. The summed E-state index contributed by atoms with van der Waals surface area (Å²) in [5.74, 6) is 0.299. The standard InChI is InChI=1S/C26H25N5O3/c1-26(2,3)22-13-19(30-34-22)14-24(32)27-17-8-10-18(11-9-17)28-25(33)20-15-31-21-7-5-4-6-16(21)12-23(31)29-20/h4-13,15,29H,14H2,1-3H3,(H,27,32)(H,28,33). The summed E-state index contributed by atoms with van der Waals surface area (Å²) < 4.78 is 7.29. The zero-order valence-corrected chi connectivity index (χ0v) is 19.2. The molecule has 3 N–H and O–H groups in total. The lowest BCUT2D eigenvalue weighted by atomic mass is 9.93. The van der Waals surface area contributed by atoms with Gasteiger partial charge in [0.25, 0.3) is 5.91 Å². The van der Waals surface area contributed by atoms with Crippen LogP contribution in [-0.4, -0.2) is 26.4 Å². The van der Waals surface area contributed by atoms with Crippen molar-refractivity contribution < 1.29 is 14.1 Å². The fourth-order valence-corrected chi connectivity index (χ4v) is 3.78. The quantitative estimate of drug-likeness (QED) is 0.341. The van der Waals surface area contributed by atoms with Crippen molar-refractivity contribution in [2.45, 2.75) is 32.6 Å². The van der Waals surface area contributed by atoms with Crippen molar-refractivity contribution in [2.75, 3.05) is 10.6 Å². The van der Waals surface area contributed by atoms with Crippen LogP contribution in [-0.2, 0) is 16.6 Å². The third-order valence-electron chi connectivity index (χ3n) is 5.58. The van der Waals surface area contributed by atoms with E-state index in [4.69, 9.17) is 4.52 Å². The number of aromatic nitrogens is 3. The van der Waals surface area contributed by atoms with E-state index in [1.165, 1.54) is 0 Å². The highest BCUT2D eigenvalue weighted by Gasteiger charge is 2.20. The van der Waals surface area contributed by atoms with Gasteiger partial charge < -0.3 is 24.5 Å². The minimum absolute atomic E-state index is 0.118.